The van der Waals surface area contributed by atoms with E-state index in [0.717, 1.165) is 32.9 Å². The molecule has 1 atom stereocenters. The summed E-state index contributed by atoms with van der Waals surface area (Å²) in [7, 11) is 0. The molecule has 1 unspecified atom stereocenters. The molecular weight excluding hydrogens is 351 g/mol. The molecule has 0 aliphatic carbocycles. The Labute approximate surface area is 155 Å². The highest BCUT2D eigenvalue weighted by Gasteiger charge is 2.33. The Kier molecular flexibility index (Phi) is 4.82. The summed E-state index contributed by atoms with van der Waals surface area (Å²) in [5.74, 6) is -0.0382. The number of halogens is 1. The molecule has 0 bridgehead atoms. The van der Waals surface area contributed by atoms with Gasteiger partial charge in [0.25, 0.3) is 0 Å². The third-order valence-corrected chi connectivity index (χ3v) is 5.61. The summed E-state index contributed by atoms with van der Waals surface area (Å²) in [6, 6.07) is 5.36. The maximum Gasteiger partial charge on any atom is 0.132 e. The van der Waals surface area contributed by atoms with Gasteiger partial charge in [0.2, 0.25) is 0 Å². The smallest absolute Gasteiger partial charge is 0.132 e. The maximum absolute atomic E-state index is 13.4. The quantitative estimate of drug-likeness (QED) is 0.485. The summed E-state index contributed by atoms with van der Waals surface area (Å²) in [4.78, 5) is 18.5. The number of aliphatic imine (C=N–C) groups is 1. The van der Waals surface area contributed by atoms with Gasteiger partial charge >= 0.3 is 0 Å². The van der Waals surface area contributed by atoms with Crippen molar-refractivity contribution in [3.8, 4) is 0 Å². The van der Waals surface area contributed by atoms with Crippen molar-refractivity contribution in [2.45, 2.75) is 33.2 Å². The van der Waals surface area contributed by atoms with Crippen molar-refractivity contribution in [1.29, 1.82) is 10.8 Å². The van der Waals surface area contributed by atoms with E-state index < -0.39 is 6.04 Å². The van der Waals surface area contributed by atoms with Crippen LogP contribution in [0.5, 0.6) is 0 Å². The van der Waals surface area contributed by atoms with E-state index in [1.165, 1.54) is 23.5 Å². The molecule has 0 amide bonds. The summed E-state index contributed by atoms with van der Waals surface area (Å²) < 4.78 is 13.4. The molecule has 2 heterocycles. The molecule has 1 aliphatic heterocycles. The number of aryl methyl sites for hydroxylation is 1. The summed E-state index contributed by atoms with van der Waals surface area (Å²) in [5, 5.41) is 17.4. The van der Waals surface area contributed by atoms with Gasteiger partial charge in [-0.2, -0.15) is 0 Å². The van der Waals surface area contributed by atoms with E-state index in [-0.39, 0.29) is 23.9 Å². The Morgan fingerprint density at radius 3 is 2.58 bits per heavy atom. The van der Waals surface area contributed by atoms with Crippen molar-refractivity contribution >= 4 is 40.0 Å². The molecule has 2 aromatic rings. The van der Waals surface area contributed by atoms with E-state index in [4.69, 9.17) is 15.8 Å². The number of aldehydes is 1. The van der Waals surface area contributed by atoms with Crippen LogP contribution in [0.1, 0.15) is 34.9 Å². The van der Waals surface area contributed by atoms with Crippen LogP contribution < -0.4 is 4.90 Å². The van der Waals surface area contributed by atoms with Gasteiger partial charge in [-0.3, -0.25) is 20.7 Å². The average molecular weight is 370 g/mol. The number of hydrogen-bond acceptors (Lipinski definition) is 5. The number of rotatable bonds is 3. The lowest BCUT2D eigenvalue weighted by molar-refractivity contribution is -0.107. The van der Waals surface area contributed by atoms with Gasteiger partial charge in [-0.05, 0) is 50.6 Å². The largest absolute Gasteiger partial charge is 0.303 e. The Morgan fingerprint density at radius 2 is 2.00 bits per heavy atom. The minimum absolute atomic E-state index is 0.0558. The number of amidine groups is 2. The first-order valence-corrected chi connectivity index (χ1v) is 8.98. The average Bonchev–Trinajstić information content (AvgIpc) is 2.80. The zero-order valence-electron chi connectivity index (χ0n) is 14.8. The third kappa shape index (κ3) is 2.99. The van der Waals surface area contributed by atoms with Crippen LogP contribution in [0.2, 0.25) is 0 Å². The van der Waals surface area contributed by atoms with Crippen molar-refractivity contribution in [1.82, 2.24) is 0 Å². The first kappa shape index (κ1) is 18.1. The number of nitrogens with zero attached hydrogens (tertiary/aromatic N) is 2. The van der Waals surface area contributed by atoms with Gasteiger partial charge in [-0.25, -0.2) is 4.39 Å². The molecule has 7 heteroatoms. The van der Waals surface area contributed by atoms with Crippen LogP contribution in [-0.2, 0) is 4.79 Å². The fraction of sp³-hybridized carbons (Fsp3) is 0.263. The normalized spacial score (nSPS) is 16.8. The standard InChI is InChI=1S/C19H19FN4OS/c1-10-11(2)26-19-16(10)17(13-4-6-14(20)7-5-13)23-15(8-9-25)18(22)24(19)12(3)21/h4-7,9,15,21-22H,8H2,1-3H3. The summed E-state index contributed by atoms with van der Waals surface area (Å²) in [5.41, 5.74) is 3.20. The van der Waals surface area contributed by atoms with Crippen LogP contribution >= 0.6 is 11.3 Å². The molecule has 134 valence electrons. The number of benzene rings is 1. The number of thiophene rings is 1. The number of anilines is 1. The Bertz CT molecular complexity index is 930. The van der Waals surface area contributed by atoms with Crippen molar-refractivity contribution in [3.63, 3.8) is 0 Å². The summed E-state index contributed by atoms with van der Waals surface area (Å²) in [6.07, 6.45) is 0.792. The number of carbonyl (C=O) groups is 1. The topological polar surface area (TPSA) is 80.4 Å². The second-order valence-electron chi connectivity index (χ2n) is 6.17. The molecule has 1 aromatic heterocycles. The first-order valence-electron chi connectivity index (χ1n) is 8.16. The van der Waals surface area contributed by atoms with E-state index in [0.29, 0.717) is 5.71 Å². The zero-order valence-corrected chi connectivity index (χ0v) is 15.6. The molecule has 2 N–H and O–H groups in total. The van der Waals surface area contributed by atoms with Crippen LogP contribution in [0.15, 0.2) is 29.3 Å². The Balaban J connectivity index is 2.32. The molecule has 5 nitrogen and oxygen atoms in total. The maximum atomic E-state index is 13.4. The molecule has 0 saturated carbocycles. The third-order valence-electron chi connectivity index (χ3n) is 4.42. The predicted octanol–water partition coefficient (Wildman–Crippen LogP) is 4.09. The Morgan fingerprint density at radius 1 is 1.35 bits per heavy atom. The van der Waals surface area contributed by atoms with Gasteiger partial charge in [-0.1, -0.05) is 0 Å². The highest BCUT2D eigenvalue weighted by molar-refractivity contribution is 7.17. The highest BCUT2D eigenvalue weighted by atomic mass is 32.1. The fourth-order valence-electron chi connectivity index (χ4n) is 3.00. The molecule has 0 radical (unpaired) electrons. The van der Waals surface area contributed by atoms with Crippen molar-refractivity contribution < 1.29 is 9.18 Å². The summed E-state index contributed by atoms with van der Waals surface area (Å²) >= 11 is 1.49. The molecule has 0 spiro atoms. The van der Waals surface area contributed by atoms with Crippen LogP contribution in [0.4, 0.5) is 9.39 Å². The van der Waals surface area contributed by atoms with Gasteiger partial charge < -0.3 is 4.79 Å². The van der Waals surface area contributed by atoms with Gasteiger partial charge in [-0.15, -0.1) is 11.3 Å². The van der Waals surface area contributed by atoms with E-state index in [2.05, 4.69) is 0 Å². The van der Waals surface area contributed by atoms with Crippen molar-refractivity contribution in [2.75, 3.05) is 4.90 Å². The second-order valence-corrected chi connectivity index (χ2v) is 7.38. The van der Waals surface area contributed by atoms with E-state index in [9.17, 15) is 9.18 Å². The fourth-order valence-corrected chi connectivity index (χ4v) is 4.22. The first-order chi connectivity index (χ1) is 12.3. The zero-order chi connectivity index (χ0) is 19.0. The monoisotopic (exact) mass is 370 g/mol. The molecule has 26 heavy (non-hydrogen) atoms. The highest BCUT2D eigenvalue weighted by Crippen LogP contribution is 2.40. The molecule has 0 fully saturated rings. The molecule has 1 aromatic carbocycles. The molecule has 3 rings (SSSR count). The van der Waals surface area contributed by atoms with Crippen LogP contribution in [-0.4, -0.2) is 29.7 Å². The SMILES string of the molecule is CC(=N)N1C(=N)C(CC=O)N=C(c2ccc(F)cc2)c2c1sc(C)c2C. The molecular formula is C19H19FN4OS. The number of fused-ring (bicyclic) bond motifs is 1. The summed E-state index contributed by atoms with van der Waals surface area (Å²) in [6.45, 7) is 5.58. The van der Waals surface area contributed by atoms with Crippen LogP contribution in [0, 0.1) is 30.5 Å². The van der Waals surface area contributed by atoms with Crippen molar-refractivity contribution in [2.24, 2.45) is 4.99 Å². The second kappa shape index (κ2) is 6.92. The lowest BCUT2D eigenvalue weighted by Crippen LogP contribution is -2.40. The Hall–Kier alpha value is -2.67. The van der Waals surface area contributed by atoms with Crippen LogP contribution in [0.3, 0.4) is 0 Å². The van der Waals surface area contributed by atoms with Gasteiger partial charge in [0.1, 0.15) is 34.8 Å². The lowest BCUT2D eigenvalue weighted by Gasteiger charge is -2.24. The minimum Gasteiger partial charge on any atom is -0.303 e. The van der Waals surface area contributed by atoms with E-state index in [1.54, 1.807) is 24.0 Å². The van der Waals surface area contributed by atoms with Crippen LogP contribution in [0.25, 0.3) is 0 Å². The van der Waals surface area contributed by atoms with Gasteiger partial charge in [0.05, 0.1) is 5.71 Å². The van der Waals surface area contributed by atoms with E-state index >= 15 is 0 Å². The number of carbonyl (C=O) groups excluding carboxylic acids is 1. The number of nitrogens with one attached hydrogen (secondary N) is 2. The minimum atomic E-state index is -0.688. The van der Waals surface area contributed by atoms with Crippen molar-refractivity contribution in [3.05, 3.63) is 51.7 Å². The molecule has 0 saturated heterocycles. The van der Waals surface area contributed by atoms with Gasteiger partial charge in [0.15, 0.2) is 0 Å². The van der Waals surface area contributed by atoms with E-state index in [1.807, 2.05) is 13.8 Å². The lowest BCUT2D eigenvalue weighted by atomic mass is 9.99. The predicted molar refractivity (Wildman–Crippen MR) is 104 cm³/mol. The molecule has 1 aliphatic rings. The number of hydrogen-bond donors (Lipinski definition) is 2. The van der Waals surface area contributed by atoms with Gasteiger partial charge in [0, 0.05) is 22.4 Å².